The molecule has 11 nitrogen and oxygen atoms in total. The molecular formula is C27H25ClN10O. The predicted octanol–water partition coefficient (Wildman–Crippen LogP) is 4.35. The number of hydrogen-bond acceptors (Lipinski definition) is 8. The zero-order valence-electron chi connectivity index (χ0n) is 21.2. The van der Waals surface area contributed by atoms with Gasteiger partial charge in [0.05, 0.1) is 22.6 Å². The number of fused-ring (bicyclic) bond motifs is 1. The first-order valence-corrected chi connectivity index (χ1v) is 12.8. The summed E-state index contributed by atoms with van der Waals surface area (Å²) >= 11 is 6.47. The fraction of sp³-hybridized carbons (Fsp3) is 0.222. The van der Waals surface area contributed by atoms with Gasteiger partial charge in [0.1, 0.15) is 23.8 Å². The molecule has 1 aliphatic heterocycles. The van der Waals surface area contributed by atoms with Crippen molar-refractivity contribution in [2.75, 3.05) is 15.5 Å². The van der Waals surface area contributed by atoms with Gasteiger partial charge in [0.2, 0.25) is 5.91 Å². The summed E-state index contributed by atoms with van der Waals surface area (Å²) in [6, 6.07) is 15.5. The number of rotatable bonds is 7. The van der Waals surface area contributed by atoms with E-state index in [0.717, 1.165) is 24.1 Å². The van der Waals surface area contributed by atoms with Gasteiger partial charge in [-0.25, -0.2) is 9.67 Å². The van der Waals surface area contributed by atoms with Crippen LogP contribution in [0.1, 0.15) is 36.7 Å². The number of nitrogens with one attached hydrogen (secondary N) is 4. The van der Waals surface area contributed by atoms with Gasteiger partial charge in [0.25, 0.3) is 0 Å². The Kier molecular flexibility index (Phi) is 6.06. The van der Waals surface area contributed by atoms with E-state index in [-0.39, 0.29) is 11.9 Å². The van der Waals surface area contributed by atoms with E-state index in [9.17, 15) is 10.1 Å². The molecule has 196 valence electrons. The predicted molar refractivity (Wildman–Crippen MR) is 147 cm³/mol. The lowest BCUT2D eigenvalue weighted by Crippen LogP contribution is -2.52. The normalized spacial score (nSPS) is 17.9. The van der Waals surface area contributed by atoms with Crippen molar-refractivity contribution >= 4 is 40.4 Å². The van der Waals surface area contributed by atoms with E-state index < -0.39 is 5.66 Å². The van der Waals surface area contributed by atoms with Crippen molar-refractivity contribution in [3.63, 3.8) is 0 Å². The molecule has 2 aromatic heterocycles. The molecule has 0 spiro atoms. The number of amides is 1. The van der Waals surface area contributed by atoms with Crippen molar-refractivity contribution < 1.29 is 4.79 Å². The van der Waals surface area contributed by atoms with Crippen LogP contribution in [0.25, 0.3) is 0 Å². The molecule has 3 heterocycles. The number of H-pyrrole nitrogens is 1. The van der Waals surface area contributed by atoms with Crippen LogP contribution >= 0.6 is 11.6 Å². The zero-order valence-corrected chi connectivity index (χ0v) is 22.0. The third-order valence-corrected chi connectivity index (χ3v) is 7.06. The van der Waals surface area contributed by atoms with Crippen LogP contribution in [-0.2, 0) is 10.5 Å². The van der Waals surface area contributed by atoms with Crippen LogP contribution in [0.5, 0.6) is 0 Å². The number of hydrogen-bond donors (Lipinski definition) is 4. The summed E-state index contributed by atoms with van der Waals surface area (Å²) < 4.78 is 1.71. The molecule has 39 heavy (non-hydrogen) atoms. The Balaban J connectivity index is 1.43. The number of anilines is 4. The van der Waals surface area contributed by atoms with Gasteiger partial charge in [-0.3, -0.25) is 20.1 Å². The van der Waals surface area contributed by atoms with Gasteiger partial charge >= 0.3 is 0 Å². The third-order valence-electron chi connectivity index (χ3n) is 6.74. The summed E-state index contributed by atoms with van der Waals surface area (Å²) in [4.78, 5) is 18.9. The Morgan fingerprint density at radius 3 is 2.77 bits per heavy atom. The summed E-state index contributed by atoms with van der Waals surface area (Å²) in [7, 11) is 0. The monoisotopic (exact) mass is 540 g/mol. The largest absolute Gasteiger partial charge is 0.342 e. The third kappa shape index (κ3) is 4.39. The second-order valence-corrected chi connectivity index (χ2v) is 9.97. The highest BCUT2D eigenvalue weighted by atomic mass is 35.5. The number of aromatic nitrogens is 5. The molecule has 0 saturated heterocycles. The Morgan fingerprint density at radius 2 is 2.08 bits per heavy atom. The van der Waals surface area contributed by atoms with Gasteiger partial charge in [0, 0.05) is 24.7 Å². The molecule has 2 aliphatic rings. The Morgan fingerprint density at radius 1 is 1.26 bits per heavy atom. The highest BCUT2D eigenvalue weighted by molar-refractivity contribution is 6.34. The molecule has 1 saturated carbocycles. The average molecular weight is 541 g/mol. The highest BCUT2D eigenvalue weighted by Gasteiger charge is 2.45. The number of carbonyl (C=O) groups is 1. The van der Waals surface area contributed by atoms with E-state index in [0.29, 0.717) is 39.4 Å². The van der Waals surface area contributed by atoms with Crippen LogP contribution in [0, 0.1) is 18.3 Å². The van der Waals surface area contributed by atoms with E-state index in [1.807, 2.05) is 49.4 Å². The number of para-hydroxylation sites is 1. The van der Waals surface area contributed by atoms with Crippen molar-refractivity contribution in [2.24, 2.45) is 0 Å². The van der Waals surface area contributed by atoms with Crippen LogP contribution in [-0.4, -0.2) is 36.9 Å². The fourth-order valence-corrected chi connectivity index (χ4v) is 4.99. The van der Waals surface area contributed by atoms with Crippen LogP contribution in [0.4, 0.5) is 22.9 Å². The highest BCUT2D eigenvalue weighted by Crippen LogP contribution is 2.38. The van der Waals surface area contributed by atoms with Gasteiger partial charge in [-0.1, -0.05) is 29.8 Å². The molecule has 2 aromatic carbocycles. The number of halogens is 1. The second kappa shape index (κ2) is 9.58. The van der Waals surface area contributed by atoms with Crippen LogP contribution in [0.15, 0.2) is 66.9 Å². The minimum absolute atomic E-state index is 0.168. The summed E-state index contributed by atoms with van der Waals surface area (Å²) in [5.74, 6) is 1.49. The Labute approximate surface area is 229 Å². The smallest absolute Gasteiger partial charge is 0.228 e. The van der Waals surface area contributed by atoms with Gasteiger partial charge in [-0.2, -0.15) is 15.5 Å². The molecule has 4 aromatic rings. The van der Waals surface area contributed by atoms with E-state index in [4.69, 9.17) is 11.6 Å². The molecule has 1 aliphatic carbocycles. The van der Waals surface area contributed by atoms with E-state index in [1.165, 1.54) is 19.4 Å². The standard InChI is InChI=1S/C27H25ClN10O/c1-16-7-8-20(11-23(16)37(17(2)39)22-6-4-3-5-21(22)28)33-24-12-27(35-19-9-10-19,26-30-15-31-36-26)38-25(34-24)18(13-29)14-32-38/h3-8,11-12,14-15,19,33-35H,9-10H2,1-2H3,(H,30,31,36). The number of carbonyl (C=O) groups excluding carboxylic acids is 1. The molecule has 1 fully saturated rings. The SMILES string of the molecule is CC(=O)N(c1cc(NC2=CC(NC3CC3)(c3ncn[nH]3)n3ncc(C#N)c3N2)ccc1C)c1ccccc1Cl. The van der Waals surface area contributed by atoms with Gasteiger partial charge in [-0.15, -0.1) is 0 Å². The average Bonchev–Trinajstić information content (AvgIpc) is 3.37. The van der Waals surface area contributed by atoms with Crippen molar-refractivity contribution in [3.8, 4) is 6.07 Å². The van der Waals surface area contributed by atoms with Crippen LogP contribution < -0.4 is 20.9 Å². The molecule has 1 unspecified atom stereocenters. The van der Waals surface area contributed by atoms with Crippen molar-refractivity contribution in [1.29, 1.82) is 5.26 Å². The van der Waals surface area contributed by atoms with Crippen molar-refractivity contribution in [2.45, 2.75) is 38.4 Å². The Bertz CT molecular complexity index is 1630. The molecule has 0 radical (unpaired) electrons. The fourth-order valence-electron chi connectivity index (χ4n) is 4.77. The van der Waals surface area contributed by atoms with E-state index >= 15 is 0 Å². The maximum atomic E-state index is 12.8. The number of benzene rings is 2. The van der Waals surface area contributed by atoms with Gasteiger partial charge < -0.3 is 10.6 Å². The van der Waals surface area contributed by atoms with Crippen molar-refractivity contribution in [3.05, 3.63) is 88.9 Å². The molecule has 1 atom stereocenters. The van der Waals surface area contributed by atoms with Gasteiger partial charge in [-0.05, 0) is 49.6 Å². The van der Waals surface area contributed by atoms with Gasteiger partial charge in [0.15, 0.2) is 17.3 Å². The maximum Gasteiger partial charge on any atom is 0.228 e. The minimum Gasteiger partial charge on any atom is -0.342 e. The van der Waals surface area contributed by atoms with Crippen LogP contribution in [0.3, 0.4) is 0 Å². The lowest BCUT2D eigenvalue weighted by atomic mass is 10.1. The summed E-state index contributed by atoms with van der Waals surface area (Å²) in [5, 5.41) is 32.2. The molecular weight excluding hydrogens is 516 g/mol. The Hall–Kier alpha value is -4.66. The van der Waals surface area contributed by atoms with E-state index in [1.54, 1.807) is 15.6 Å². The number of aryl methyl sites for hydroxylation is 1. The minimum atomic E-state index is -1.01. The number of nitriles is 1. The first-order chi connectivity index (χ1) is 18.9. The lowest BCUT2D eigenvalue weighted by Gasteiger charge is -2.36. The topological polar surface area (TPSA) is 140 Å². The molecule has 4 N–H and O–H groups in total. The maximum absolute atomic E-state index is 12.8. The number of nitrogens with zero attached hydrogens (tertiary/aromatic N) is 6. The van der Waals surface area contributed by atoms with Crippen molar-refractivity contribution in [1.82, 2.24) is 30.3 Å². The van der Waals surface area contributed by atoms with Crippen LogP contribution in [0.2, 0.25) is 5.02 Å². The first kappa shape index (κ1) is 24.7. The molecule has 0 bridgehead atoms. The lowest BCUT2D eigenvalue weighted by molar-refractivity contribution is -0.115. The first-order valence-electron chi connectivity index (χ1n) is 12.4. The van der Waals surface area contributed by atoms with E-state index in [2.05, 4.69) is 42.3 Å². The summed E-state index contributed by atoms with van der Waals surface area (Å²) in [6.07, 6.45) is 6.94. The summed E-state index contributed by atoms with van der Waals surface area (Å²) in [5.41, 5.74) is 2.29. The molecule has 1 amide bonds. The number of aromatic amines is 1. The molecule has 6 rings (SSSR count). The summed E-state index contributed by atoms with van der Waals surface area (Å²) in [6.45, 7) is 3.45. The second-order valence-electron chi connectivity index (χ2n) is 9.56. The molecule has 12 heteroatoms. The zero-order chi connectivity index (χ0) is 27.1. The quantitative estimate of drug-likeness (QED) is 0.271.